The second kappa shape index (κ2) is 9.88. The maximum Gasteiger partial charge on any atom is 0.259 e. The molecule has 28 heavy (non-hydrogen) atoms. The van der Waals surface area contributed by atoms with Crippen molar-refractivity contribution in [3.63, 3.8) is 0 Å². The Morgan fingerprint density at radius 1 is 1.14 bits per heavy atom. The lowest BCUT2D eigenvalue weighted by Crippen LogP contribution is -2.46. The molecule has 1 aliphatic rings. The van der Waals surface area contributed by atoms with Gasteiger partial charge in [0.25, 0.3) is 5.91 Å². The summed E-state index contributed by atoms with van der Waals surface area (Å²) in [4.78, 5) is 31.0. The predicted molar refractivity (Wildman–Crippen MR) is 107 cm³/mol. The molecule has 0 saturated carbocycles. The number of carbonyl (C=O) groups is 2. The zero-order valence-electron chi connectivity index (χ0n) is 16.3. The summed E-state index contributed by atoms with van der Waals surface area (Å²) in [6.45, 7) is 3.56. The minimum atomic E-state index is -0.0644. The van der Waals surface area contributed by atoms with Crippen LogP contribution in [0.25, 0.3) is 0 Å². The highest BCUT2D eigenvalue weighted by Gasteiger charge is 2.26. The molecule has 6 nitrogen and oxygen atoms in total. The highest BCUT2D eigenvalue weighted by molar-refractivity contribution is 5.96. The van der Waals surface area contributed by atoms with Crippen molar-refractivity contribution >= 4 is 11.8 Å². The molecule has 6 heteroatoms. The van der Waals surface area contributed by atoms with Crippen LogP contribution in [0.5, 0.6) is 5.88 Å². The van der Waals surface area contributed by atoms with Gasteiger partial charge in [0.2, 0.25) is 11.8 Å². The fraction of sp³-hybridized carbons (Fsp3) is 0.409. The number of nitrogens with zero attached hydrogens (tertiary/aromatic N) is 2. The van der Waals surface area contributed by atoms with E-state index in [-0.39, 0.29) is 17.9 Å². The Balaban J connectivity index is 1.46. The molecular formula is C22H27N3O3. The van der Waals surface area contributed by atoms with E-state index < -0.39 is 0 Å². The molecule has 1 aliphatic heterocycles. The summed E-state index contributed by atoms with van der Waals surface area (Å²) in [7, 11) is 0. The molecule has 2 heterocycles. The average molecular weight is 381 g/mol. The Labute approximate surface area is 165 Å². The third-order valence-electron chi connectivity index (χ3n) is 4.91. The van der Waals surface area contributed by atoms with E-state index in [0.717, 1.165) is 19.3 Å². The van der Waals surface area contributed by atoms with Gasteiger partial charge in [-0.25, -0.2) is 4.98 Å². The van der Waals surface area contributed by atoms with Crippen molar-refractivity contribution in [2.24, 2.45) is 0 Å². The number of ether oxygens (including phenoxy) is 1. The van der Waals surface area contributed by atoms with Gasteiger partial charge in [0, 0.05) is 31.7 Å². The maximum absolute atomic E-state index is 12.8. The Hall–Kier alpha value is -2.89. The van der Waals surface area contributed by atoms with Crippen LogP contribution < -0.4 is 10.1 Å². The van der Waals surface area contributed by atoms with Crippen LogP contribution in [-0.4, -0.2) is 47.4 Å². The monoisotopic (exact) mass is 381 g/mol. The number of carbonyl (C=O) groups excluding carboxylic acids is 2. The standard InChI is InChI=1S/C22H27N3O3/c1-2-28-21-19(9-6-14-23-21)22(27)25-15-12-18(13-16-25)24-20(26)11-10-17-7-4-3-5-8-17/h3-9,14,18H,2,10-13,15-16H2,1H3,(H,24,26). The van der Waals surface area contributed by atoms with Gasteiger partial charge in [-0.15, -0.1) is 0 Å². The van der Waals surface area contributed by atoms with Crippen LogP contribution >= 0.6 is 0 Å². The maximum atomic E-state index is 12.8. The zero-order chi connectivity index (χ0) is 19.8. The molecule has 3 rings (SSSR count). The quantitative estimate of drug-likeness (QED) is 0.801. The summed E-state index contributed by atoms with van der Waals surface area (Å²) in [5, 5.41) is 3.11. The first-order valence-electron chi connectivity index (χ1n) is 9.87. The second-order valence-electron chi connectivity index (χ2n) is 6.91. The lowest BCUT2D eigenvalue weighted by Gasteiger charge is -2.32. The second-order valence-corrected chi connectivity index (χ2v) is 6.91. The van der Waals surface area contributed by atoms with E-state index >= 15 is 0 Å². The number of piperidine rings is 1. The van der Waals surface area contributed by atoms with Gasteiger partial charge in [-0.05, 0) is 43.9 Å². The van der Waals surface area contributed by atoms with Gasteiger partial charge in [0.05, 0.1) is 6.61 Å². The summed E-state index contributed by atoms with van der Waals surface area (Å²) in [6.07, 6.45) is 4.36. The number of rotatable bonds is 7. The van der Waals surface area contributed by atoms with E-state index in [2.05, 4.69) is 10.3 Å². The molecule has 148 valence electrons. The van der Waals surface area contributed by atoms with E-state index in [1.54, 1.807) is 18.3 Å². The summed E-state index contributed by atoms with van der Waals surface area (Å²) in [5.41, 5.74) is 1.66. The van der Waals surface area contributed by atoms with Gasteiger partial charge >= 0.3 is 0 Å². The Morgan fingerprint density at radius 2 is 1.89 bits per heavy atom. The lowest BCUT2D eigenvalue weighted by atomic mass is 10.0. The fourth-order valence-corrected chi connectivity index (χ4v) is 3.40. The number of aromatic nitrogens is 1. The van der Waals surface area contributed by atoms with Crippen LogP contribution in [0.3, 0.4) is 0 Å². The van der Waals surface area contributed by atoms with Crippen molar-refractivity contribution in [3.05, 3.63) is 59.8 Å². The largest absolute Gasteiger partial charge is 0.477 e. The van der Waals surface area contributed by atoms with Gasteiger partial charge < -0.3 is 15.0 Å². The van der Waals surface area contributed by atoms with Crippen LogP contribution in [0, 0.1) is 0 Å². The topological polar surface area (TPSA) is 71.5 Å². The van der Waals surface area contributed by atoms with E-state index in [9.17, 15) is 9.59 Å². The van der Waals surface area contributed by atoms with E-state index in [1.807, 2.05) is 42.2 Å². The van der Waals surface area contributed by atoms with Crippen molar-refractivity contribution in [2.75, 3.05) is 19.7 Å². The van der Waals surface area contributed by atoms with Crippen molar-refractivity contribution in [3.8, 4) is 5.88 Å². The molecule has 1 saturated heterocycles. The van der Waals surface area contributed by atoms with Crippen molar-refractivity contribution in [1.82, 2.24) is 15.2 Å². The summed E-state index contributed by atoms with van der Waals surface area (Å²) < 4.78 is 5.47. The SMILES string of the molecule is CCOc1ncccc1C(=O)N1CCC(NC(=O)CCc2ccccc2)CC1. The molecule has 0 unspecified atom stereocenters. The molecule has 1 fully saturated rings. The predicted octanol–water partition coefficient (Wildman–Crippen LogP) is 2.83. The molecule has 0 atom stereocenters. The lowest BCUT2D eigenvalue weighted by molar-refractivity contribution is -0.122. The van der Waals surface area contributed by atoms with Crippen LogP contribution in [0.1, 0.15) is 42.1 Å². The summed E-state index contributed by atoms with van der Waals surface area (Å²) in [5.74, 6) is 0.385. The van der Waals surface area contributed by atoms with Gasteiger partial charge in [-0.1, -0.05) is 30.3 Å². The van der Waals surface area contributed by atoms with Crippen molar-refractivity contribution in [2.45, 2.75) is 38.6 Å². The first-order valence-corrected chi connectivity index (χ1v) is 9.87. The number of benzene rings is 1. The minimum Gasteiger partial charge on any atom is -0.477 e. The molecule has 2 aromatic rings. The molecule has 1 aromatic heterocycles. The van der Waals surface area contributed by atoms with Gasteiger partial charge in [-0.2, -0.15) is 0 Å². The Kier molecular flexibility index (Phi) is 7.00. The van der Waals surface area contributed by atoms with Crippen LogP contribution in [-0.2, 0) is 11.2 Å². The van der Waals surface area contributed by atoms with E-state index in [4.69, 9.17) is 4.74 Å². The number of pyridine rings is 1. The van der Waals surface area contributed by atoms with Crippen LogP contribution in [0.4, 0.5) is 0 Å². The van der Waals surface area contributed by atoms with Gasteiger partial charge in [0.15, 0.2) is 0 Å². The normalized spacial score (nSPS) is 14.5. The molecule has 0 spiro atoms. The van der Waals surface area contributed by atoms with Gasteiger partial charge in [-0.3, -0.25) is 9.59 Å². The zero-order valence-corrected chi connectivity index (χ0v) is 16.3. The third kappa shape index (κ3) is 5.31. The van der Waals surface area contributed by atoms with Crippen molar-refractivity contribution < 1.29 is 14.3 Å². The first-order chi connectivity index (χ1) is 13.7. The number of hydrogen-bond acceptors (Lipinski definition) is 4. The number of likely N-dealkylation sites (tertiary alicyclic amines) is 1. The highest BCUT2D eigenvalue weighted by Crippen LogP contribution is 2.20. The number of nitrogens with one attached hydrogen (secondary N) is 1. The molecule has 0 radical (unpaired) electrons. The molecule has 1 aromatic carbocycles. The van der Waals surface area contributed by atoms with Crippen LogP contribution in [0.15, 0.2) is 48.7 Å². The molecule has 0 aliphatic carbocycles. The minimum absolute atomic E-state index is 0.0644. The molecule has 1 N–H and O–H groups in total. The van der Waals surface area contributed by atoms with Crippen molar-refractivity contribution in [1.29, 1.82) is 0 Å². The smallest absolute Gasteiger partial charge is 0.259 e. The highest BCUT2D eigenvalue weighted by atomic mass is 16.5. The Bertz CT molecular complexity index is 787. The summed E-state index contributed by atoms with van der Waals surface area (Å²) >= 11 is 0. The summed E-state index contributed by atoms with van der Waals surface area (Å²) in [6, 6.07) is 13.6. The number of amides is 2. The molecule has 2 amide bonds. The molecule has 0 bridgehead atoms. The first kappa shape index (κ1) is 19.9. The average Bonchev–Trinajstić information content (AvgIpc) is 2.74. The van der Waals surface area contributed by atoms with E-state index in [1.165, 1.54) is 5.56 Å². The van der Waals surface area contributed by atoms with Crippen LogP contribution in [0.2, 0.25) is 0 Å². The van der Waals surface area contributed by atoms with Gasteiger partial charge in [0.1, 0.15) is 5.56 Å². The number of aryl methyl sites for hydroxylation is 1. The Morgan fingerprint density at radius 3 is 2.61 bits per heavy atom. The third-order valence-corrected chi connectivity index (χ3v) is 4.91. The number of hydrogen-bond donors (Lipinski definition) is 1. The van der Waals surface area contributed by atoms with E-state index in [0.29, 0.717) is 37.6 Å². The molecular weight excluding hydrogens is 354 g/mol. The fourth-order valence-electron chi connectivity index (χ4n) is 3.40.